The molecule has 0 saturated carbocycles. The molecule has 23 heavy (non-hydrogen) atoms. The van der Waals surface area contributed by atoms with Crippen molar-refractivity contribution < 1.29 is 9.47 Å². The van der Waals surface area contributed by atoms with Crippen LogP contribution in [0.2, 0.25) is 0 Å². The Hall–Kier alpha value is -1.04. The minimum atomic E-state index is 0.827. The van der Waals surface area contributed by atoms with Crippen LogP contribution in [-0.2, 0) is 0 Å². The average Bonchev–Trinajstić information content (AvgIpc) is 2.60. The second-order valence-electron chi connectivity index (χ2n) is 4.96. The second-order valence-corrected chi connectivity index (χ2v) is 7.34. The number of halogens is 3. The third-order valence-corrected chi connectivity index (χ3v) is 7.19. The largest absolute Gasteiger partial charge is 0.497 e. The van der Waals surface area contributed by atoms with Crippen molar-refractivity contribution in [2.45, 2.75) is 0 Å². The maximum atomic E-state index is 5.40. The Labute approximate surface area is 160 Å². The van der Waals surface area contributed by atoms with Crippen LogP contribution < -0.4 is 9.47 Å². The summed E-state index contributed by atoms with van der Waals surface area (Å²) in [5.74, 6) is 1.66. The quantitative estimate of drug-likeness (QED) is 0.368. The van der Waals surface area contributed by atoms with Crippen molar-refractivity contribution in [3.8, 4) is 22.6 Å². The molecule has 0 N–H and O–H groups in total. The van der Waals surface area contributed by atoms with Gasteiger partial charge in [0, 0.05) is 19.0 Å². The fraction of sp³-hybridized carbons (Fsp3) is 0.111. The van der Waals surface area contributed by atoms with E-state index >= 15 is 0 Å². The number of fused-ring (bicyclic) bond motifs is 1. The number of rotatable bonds is 3. The van der Waals surface area contributed by atoms with Gasteiger partial charge in [-0.3, -0.25) is 0 Å². The van der Waals surface area contributed by atoms with Crippen LogP contribution >= 0.6 is 47.8 Å². The molecule has 0 bridgehead atoms. The summed E-state index contributed by atoms with van der Waals surface area (Å²) in [4.78, 5) is 0. The van der Waals surface area contributed by atoms with Gasteiger partial charge in [0.05, 0.1) is 14.2 Å². The first-order valence-electron chi connectivity index (χ1n) is 6.85. The van der Waals surface area contributed by atoms with E-state index in [1.807, 2.05) is 18.2 Å². The standard InChI is InChI=1S/C18H13Br3O2/c1-22-11-5-3-10(4-6-11)15-14-9-12(23-2)7-8-13(14)16(19)18(21)17(15)20/h3-9H,1-2H3. The number of methoxy groups -OCH3 is 2. The topological polar surface area (TPSA) is 18.5 Å². The van der Waals surface area contributed by atoms with Crippen molar-refractivity contribution in [1.82, 2.24) is 0 Å². The van der Waals surface area contributed by atoms with Crippen molar-refractivity contribution in [3.05, 3.63) is 55.9 Å². The molecule has 0 spiro atoms. The zero-order valence-corrected chi connectivity index (χ0v) is 17.2. The van der Waals surface area contributed by atoms with E-state index in [-0.39, 0.29) is 0 Å². The molecule has 3 aromatic rings. The lowest BCUT2D eigenvalue weighted by Gasteiger charge is -2.15. The molecule has 0 heterocycles. The molecule has 2 nitrogen and oxygen atoms in total. The van der Waals surface area contributed by atoms with E-state index < -0.39 is 0 Å². The highest BCUT2D eigenvalue weighted by molar-refractivity contribution is 9.14. The summed E-state index contributed by atoms with van der Waals surface area (Å²) in [7, 11) is 3.35. The zero-order chi connectivity index (χ0) is 16.6. The van der Waals surface area contributed by atoms with Crippen LogP contribution in [0.3, 0.4) is 0 Å². The van der Waals surface area contributed by atoms with Gasteiger partial charge in [0.25, 0.3) is 0 Å². The SMILES string of the molecule is COc1ccc(-c2c(Br)c(Br)c(Br)c3ccc(OC)cc23)cc1. The molecule has 118 valence electrons. The fourth-order valence-electron chi connectivity index (χ4n) is 2.53. The molecule has 3 aromatic carbocycles. The normalized spacial score (nSPS) is 10.8. The predicted molar refractivity (Wildman–Crippen MR) is 106 cm³/mol. The van der Waals surface area contributed by atoms with Gasteiger partial charge in [-0.25, -0.2) is 0 Å². The molecule has 3 rings (SSSR count). The first kappa shape index (κ1) is 16.8. The van der Waals surface area contributed by atoms with Crippen LogP contribution in [0.25, 0.3) is 21.9 Å². The summed E-state index contributed by atoms with van der Waals surface area (Å²) in [6, 6.07) is 14.1. The Morgan fingerprint density at radius 1 is 0.652 bits per heavy atom. The molecule has 0 aliphatic rings. The lowest BCUT2D eigenvalue weighted by Crippen LogP contribution is -1.90. The summed E-state index contributed by atoms with van der Waals surface area (Å²) in [5, 5.41) is 2.23. The van der Waals surface area contributed by atoms with Crippen molar-refractivity contribution in [2.24, 2.45) is 0 Å². The van der Waals surface area contributed by atoms with Crippen LogP contribution in [0, 0.1) is 0 Å². The number of hydrogen-bond acceptors (Lipinski definition) is 2. The van der Waals surface area contributed by atoms with Crippen LogP contribution in [0.15, 0.2) is 55.9 Å². The van der Waals surface area contributed by atoms with E-state index in [2.05, 4.69) is 72.1 Å². The smallest absolute Gasteiger partial charge is 0.119 e. The Morgan fingerprint density at radius 3 is 1.87 bits per heavy atom. The molecule has 0 aliphatic heterocycles. The van der Waals surface area contributed by atoms with Gasteiger partial charge in [-0.1, -0.05) is 12.1 Å². The second kappa shape index (κ2) is 6.83. The molecule has 0 aliphatic carbocycles. The van der Waals surface area contributed by atoms with Gasteiger partial charge in [-0.05, 0) is 94.5 Å². The Bertz CT molecular complexity index is 874. The summed E-state index contributed by atoms with van der Waals surface area (Å²) in [6.45, 7) is 0. The number of ether oxygens (including phenoxy) is 2. The third kappa shape index (κ3) is 3.02. The lowest BCUT2D eigenvalue weighted by atomic mass is 9.98. The highest BCUT2D eigenvalue weighted by Crippen LogP contribution is 2.46. The monoisotopic (exact) mass is 498 g/mol. The van der Waals surface area contributed by atoms with Gasteiger partial charge in [-0.15, -0.1) is 0 Å². The third-order valence-electron chi connectivity index (χ3n) is 3.72. The first-order valence-corrected chi connectivity index (χ1v) is 9.23. The summed E-state index contributed by atoms with van der Waals surface area (Å²) in [6.07, 6.45) is 0. The van der Waals surface area contributed by atoms with Crippen LogP contribution in [0.1, 0.15) is 0 Å². The Balaban J connectivity index is 2.36. The molecule has 0 unspecified atom stereocenters. The predicted octanol–water partition coefficient (Wildman–Crippen LogP) is 6.81. The molecule has 0 fully saturated rings. The molecule has 5 heteroatoms. The van der Waals surface area contributed by atoms with Crippen molar-refractivity contribution in [3.63, 3.8) is 0 Å². The number of hydrogen-bond donors (Lipinski definition) is 0. The molecular weight excluding hydrogens is 488 g/mol. The minimum Gasteiger partial charge on any atom is -0.497 e. The fourth-order valence-corrected chi connectivity index (χ4v) is 4.39. The molecule has 0 aromatic heterocycles. The molecule has 0 atom stereocenters. The van der Waals surface area contributed by atoms with E-state index in [0.29, 0.717) is 0 Å². The van der Waals surface area contributed by atoms with Crippen molar-refractivity contribution in [2.75, 3.05) is 14.2 Å². The highest BCUT2D eigenvalue weighted by Gasteiger charge is 2.17. The Morgan fingerprint density at radius 2 is 1.26 bits per heavy atom. The van der Waals surface area contributed by atoms with E-state index in [4.69, 9.17) is 9.47 Å². The van der Waals surface area contributed by atoms with Crippen molar-refractivity contribution >= 4 is 58.6 Å². The minimum absolute atomic E-state index is 0.827. The van der Waals surface area contributed by atoms with Gasteiger partial charge in [-0.2, -0.15) is 0 Å². The maximum absolute atomic E-state index is 5.40. The van der Waals surface area contributed by atoms with Gasteiger partial charge in [0.2, 0.25) is 0 Å². The Kier molecular flexibility index (Phi) is 4.99. The van der Waals surface area contributed by atoms with Gasteiger partial charge < -0.3 is 9.47 Å². The van der Waals surface area contributed by atoms with E-state index in [1.165, 1.54) is 0 Å². The van der Waals surface area contributed by atoms with E-state index in [9.17, 15) is 0 Å². The maximum Gasteiger partial charge on any atom is 0.119 e. The molecule has 0 amide bonds. The van der Waals surface area contributed by atoms with E-state index in [1.54, 1.807) is 14.2 Å². The van der Waals surface area contributed by atoms with Crippen LogP contribution in [-0.4, -0.2) is 14.2 Å². The molecule has 0 radical (unpaired) electrons. The van der Waals surface area contributed by atoms with Crippen LogP contribution in [0.4, 0.5) is 0 Å². The molecule has 0 saturated heterocycles. The average molecular weight is 501 g/mol. The lowest BCUT2D eigenvalue weighted by molar-refractivity contribution is 0.415. The van der Waals surface area contributed by atoms with E-state index in [0.717, 1.165) is 46.8 Å². The van der Waals surface area contributed by atoms with Gasteiger partial charge in [0.15, 0.2) is 0 Å². The summed E-state index contributed by atoms with van der Waals surface area (Å²) < 4.78 is 13.6. The number of benzene rings is 3. The zero-order valence-electron chi connectivity index (χ0n) is 12.5. The van der Waals surface area contributed by atoms with Crippen molar-refractivity contribution in [1.29, 1.82) is 0 Å². The summed E-state index contributed by atoms with van der Waals surface area (Å²) >= 11 is 11.1. The van der Waals surface area contributed by atoms with Crippen LogP contribution in [0.5, 0.6) is 11.5 Å². The van der Waals surface area contributed by atoms with Gasteiger partial charge in [0.1, 0.15) is 11.5 Å². The summed E-state index contributed by atoms with van der Waals surface area (Å²) in [5.41, 5.74) is 2.21. The van der Waals surface area contributed by atoms with Gasteiger partial charge >= 0.3 is 0 Å². The molecular formula is C18H13Br3O2. The highest BCUT2D eigenvalue weighted by atomic mass is 79.9. The first-order chi connectivity index (χ1) is 11.1.